The maximum Gasteiger partial charge on any atom is 0.255 e. The molecular weight excluding hydrogens is 482 g/mol. The molecule has 2 aromatic carbocycles. The summed E-state index contributed by atoms with van der Waals surface area (Å²) in [5.74, 6) is 6.16. The summed E-state index contributed by atoms with van der Waals surface area (Å²) < 4.78 is 1.89. The smallest absolute Gasteiger partial charge is 0.255 e. The third kappa shape index (κ3) is 5.77. The van der Waals surface area contributed by atoms with Gasteiger partial charge in [0.05, 0.1) is 17.6 Å². The van der Waals surface area contributed by atoms with Gasteiger partial charge in [0.1, 0.15) is 5.69 Å². The molecule has 0 aliphatic heterocycles. The minimum absolute atomic E-state index is 0.224. The fourth-order valence-corrected chi connectivity index (χ4v) is 3.99. The zero-order chi connectivity index (χ0) is 26.4. The Morgan fingerprint density at radius 3 is 2.70 bits per heavy atom. The van der Waals surface area contributed by atoms with Crippen LogP contribution < -0.4 is 21.7 Å². The number of nitrogens with zero attached hydrogens (tertiary/aromatic N) is 3. The second-order valence-corrected chi connectivity index (χ2v) is 8.59. The lowest BCUT2D eigenvalue weighted by Crippen LogP contribution is -2.12. The number of imidazole rings is 1. The summed E-state index contributed by atoms with van der Waals surface area (Å²) in [5, 5.41) is 9.19. The van der Waals surface area contributed by atoms with Gasteiger partial charge in [-0.3, -0.25) is 14.2 Å². The number of aromatic nitrogens is 2. The Morgan fingerprint density at radius 1 is 1.14 bits per heavy atom. The van der Waals surface area contributed by atoms with E-state index in [2.05, 4.69) is 50.4 Å². The van der Waals surface area contributed by atoms with Crippen LogP contribution in [-0.4, -0.2) is 35.6 Å². The molecule has 0 bridgehead atoms. The van der Waals surface area contributed by atoms with Gasteiger partial charge in [0, 0.05) is 60.1 Å². The number of hydrogen-bond donors (Lipinski definition) is 5. The molecule has 0 atom stereocenters. The Balaban J connectivity index is 1.59. The fourth-order valence-electron chi connectivity index (χ4n) is 3.67. The van der Waals surface area contributed by atoms with Crippen molar-refractivity contribution in [3.05, 3.63) is 95.2 Å². The highest BCUT2D eigenvalue weighted by Crippen LogP contribution is 2.24. The number of amides is 1. The first-order chi connectivity index (χ1) is 17.9. The van der Waals surface area contributed by atoms with Crippen molar-refractivity contribution >= 4 is 47.5 Å². The van der Waals surface area contributed by atoms with E-state index in [9.17, 15) is 4.79 Å². The average molecular weight is 510 g/mol. The highest BCUT2D eigenvalue weighted by Gasteiger charge is 2.10. The van der Waals surface area contributed by atoms with Gasteiger partial charge in [-0.2, -0.15) is 0 Å². The molecule has 0 aliphatic carbocycles. The van der Waals surface area contributed by atoms with Crippen molar-refractivity contribution in [2.24, 2.45) is 10.7 Å². The van der Waals surface area contributed by atoms with Gasteiger partial charge >= 0.3 is 0 Å². The number of allylic oxidation sites excluding steroid dienone is 1. The molecule has 0 spiro atoms. The van der Waals surface area contributed by atoms with Gasteiger partial charge in [0.2, 0.25) is 0 Å². The number of hydrogen-bond acceptors (Lipinski definition) is 7. The number of nitrogens with one attached hydrogen (secondary N) is 3. The number of aliphatic imine (C=N–C) groups is 1. The molecule has 186 valence electrons. The number of fused-ring (bicyclic) bond motifs is 1. The quantitative estimate of drug-likeness (QED) is 0.149. The summed E-state index contributed by atoms with van der Waals surface area (Å²) in [5.41, 5.74) is 12.3. The molecule has 0 saturated heterocycles. The summed E-state index contributed by atoms with van der Waals surface area (Å²) in [6.07, 6.45) is 6.68. The molecule has 2 heterocycles. The Labute approximate surface area is 221 Å². The molecule has 0 saturated carbocycles. The summed E-state index contributed by atoms with van der Waals surface area (Å²) >= 11 is 4.45. The summed E-state index contributed by atoms with van der Waals surface area (Å²) in [6.45, 7) is 1.96. The normalized spacial score (nSPS) is 11.3. The topological polar surface area (TPSA) is 109 Å². The van der Waals surface area contributed by atoms with Gasteiger partial charge in [0.15, 0.2) is 5.65 Å². The Hall–Kier alpha value is -4.68. The summed E-state index contributed by atoms with van der Waals surface area (Å²) in [7, 11) is 3.50. The van der Waals surface area contributed by atoms with Crippen molar-refractivity contribution < 1.29 is 4.79 Å². The molecule has 9 heteroatoms. The van der Waals surface area contributed by atoms with Gasteiger partial charge in [0.25, 0.3) is 5.91 Å². The number of carbonyl (C=O) groups is 1. The molecule has 1 amide bonds. The molecule has 0 unspecified atom stereocenters. The first-order valence-electron chi connectivity index (χ1n) is 11.5. The molecule has 0 fully saturated rings. The zero-order valence-corrected chi connectivity index (χ0v) is 21.6. The van der Waals surface area contributed by atoms with Crippen molar-refractivity contribution in [2.75, 3.05) is 30.0 Å². The fraction of sp³-hybridized carbons (Fsp3) is 0.107. The van der Waals surface area contributed by atoms with E-state index in [4.69, 9.17) is 5.73 Å². The van der Waals surface area contributed by atoms with E-state index < -0.39 is 0 Å². The third-order valence-electron chi connectivity index (χ3n) is 5.61. The van der Waals surface area contributed by atoms with E-state index in [0.29, 0.717) is 28.3 Å². The largest absolute Gasteiger partial charge is 0.403 e. The Kier molecular flexibility index (Phi) is 7.81. The number of rotatable bonds is 6. The van der Waals surface area contributed by atoms with E-state index >= 15 is 0 Å². The van der Waals surface area contributed by atoms with Crippen LogP contribution in [0, 0.1) is 18.8 Å². The summed E-state index contributed by atoms with van der Waals surface area (Å²) in [4.78, 5) is 22.2. The molecule has 2 aromatic heterocycles. The van der Waals surface area contributed by atoms with Crippen LogP contribution >= 0.6 is 12.6 Å². The number of nitrogens with two attached hydrogens (primary N) is 1. The highest BCUT2D eigenvalue weighted by atomic mass is 32.1. The third-order valence-corrected chi connectivity index (χ3v) is 5.98. The van der Waals surface area contributed by atoms with Crippen molar-refractivity contribution in [3.8, 4) is 11.8 Å². The van der Waals surface area contributed by atoms with E-state index in [1.165, 1.54) is 6.20 Å². The number of carbonyl (C=O) groups excluding carboxylic acids is 1. The zero-order valence-electron chi connectivity index (χ0n) is 20.7. The molecule has 8 nitrogen and oxygen atoms in total. The minimum Gasteiger partial charge on any atom is -0.403 e. The molecule has 37 heavy (non-hydrogen) atoms. The summed E-state index contributed by atoms with van der Waals surface area (Å²) in [6, 6.07) is 14.8. The van der Waals surface area contributed by atoms with Crippen molar-refractivity contribution in [3.63, 3.8) is 0 Å². The van der Waals surface area contributed by atoms with Crippen molar-refractivity contribution in [2.45, 2.75) is 11.8 Å². The predicted molar refractivity (Wildman–Crippen MR) is 154 cm³/mol. The van der Waals surface area contributed by atoms with Crippen LogP contribution in [0.5, 0.6) is 0 Å². The lowest BCUT2D eigenvalue weighted by Gasteiger charge is -2.10. The van der Waals surface area contributed by atoms with E-state index in [-0.39, 0.29) is 5.91 Å². The maximum atomic E-state index is 12.9. The molecule has 4 rings (SSSR count). The highest BCUT2D eigenvalue weighted by molar-refractivity contribution is 7.80. The standard InChI is InChI=1S/C28H27N7OS/c1-18-6-7-20(28(36)34-21-9-11-24(31-3)26(37)14-21)13-19(18)8-10-23-17-32-27-25(5-4-12-35(23)27)33-22(15-29)16-30-2/h4-7,9,11-17,31,33,37H,29H2,1-3H3,(H,34,36). The molecule has 0 radical (unpaired) electrons. The van der Waals surface area contributed by atoms with E-state index in [1.54, 1.807) is 37.7 Å². The minimum atomic E-state index is -0.224. The Morgan fingerprint density at radius 2 is 1.97 bits per heavy atom. The lowest BCUT2D eigenvalue weighted by atomic mass is 10.0. The van der Waals surface area contributed by atoms with Gasteiger partial charge in [-0.1, -0.05) is 12.0 Å². The molecular formula is C28H27N7OS. The van der Waals surface area contributed by atoms with Crippen LogP contribution in [0.25, 0.3) is 5.65 Å². The lowest BCUT2D eigenvalue weighted by molar-refractivity contribution is 0.102. The second-order valence-electron chi connectivity index (χ2n) is 8.11. The van der Waals surface area contributed by atoms with Gasteiger partial charge < -0.3 is 21.7 Å². The van der Waals surface area contributed by atoms with Gasteiger partial charge in [-0.15, -0.1) is 12.6 Å². The van der Waals surface area contributed by atoms with Gasteiger partial charge in [-0.25, -0.2) is 4.98 Å². The van der Waals surface area contributed by atoms with Crippen LogP contribution in [0.2, 0.25) is 0 Å². The predicted octanol–water partition coefficient (Wildman–Crippen LogP) is 4.54. The molecule has 0 aliphatic rings. The van der Waals surface area contributed by atoms with E-state index in [0.717, 1.165) is 27.4 Å². The SMILES string of the molecule is CN=CC(=CN)Nc1cccn2c(C#Cc3cc(C(=O)Nc4ccc(NC)c(S)c4)ccc3C)cnc12. The van der Waals surface area contributed by atoms with E-state index in [1.807, 2.05) is 54.9 Å². The maximum absolute atomic E-state index is 12.9. The van der Waals surface area contributed by atoms with Crippen molar-refractivity contribution in [1.29, 1.82) is 0 Å². The molecule has 5 N–H and O–H groups in total. The number of benzene rings is 2. The van der Waals surface area contributed by atoms with Gasteiger partial charge in [-0.05, 0) is 60.9 Å². The monoisotopic (exact) mass is 509 g/mol. The Bertz CT molecular complexity index is 1590. The number of pyridine rings is 1. The van der Waals surface area contributed by atoms with Crippen LogP contribution in [-0.2, 0) is 0 Å². The number of anilines is 3. The average Bonchev–Trinajstić information content (AvgIpc) is 3.32. The van der Waals surface area contributed by atoms with Crippen LogP contribution in [0.3, 0.4) is 0 Å². The second kappa shape index (κ2) is 11.4. The van der Waals surface area contributed by atoms with Crippen LogP contribution in [0.15, 0.2) is 82.7 Å². The van der Waals surface area contributed by atoms with Crippen molar-refractivity contribution in [1.82, 2.24) is 9.38 Å². The number of aryl methyl sites for hydroxylation is 1. The van der Waals surface area contributed by atoms with Crippen LogP contribution in [0.4, 0.5) is 17.1 Å². The first-order valence-corrected chi connectivity index (χ1v) is 11.9. The molecule has 4 aromatic rings. The first kappa shape index (κ1) is 25.4. The number of thiol groups is 1. The van der Waals surface area contributed by atoms with Crippen LogP contribution in [0.1, 0.15) is 27.2 Å².